The van der Waals surface area contributed by atoms with Crippen LogP contribution in [0.2, 0.25) is 0 Å². The molecule has 0 aliphatic heterocycles. The lowest BCUT2D eigenvalue weighted by Crippen LogP contribution is -1.96. The molecule has 1 aromatic heterocycles. The van der Waals surface area contributed by atoms with Gasteiger partial charge in [0.25, 0.3) is 0 Å². The van der Waals surface area contributed by atoms with Crippen molar-refractivity contribution in [2.24, 2.45) is 0 Å². The van der Waals surface area contributed by atoms with Gasteiger partial charge < -0.3 is 5.11 Å². The van der Waals surface area contributed by atoms with Crippen LogP contribution in [0.4, 0.5) is 0 Å². The van der Waals surface area contributed by atoms with E-state index in [0.717, 1.165) is 27.3 Å². The van der Waals surface area contributed by atoms with Crippen LogP contribution in [0.15, 0.2) is 42.5 Å². The van der Waals surface area contributed by atoms with Crippen LogP contribution in [0, 0.1) is 20.8 Å². The highest BCUT2D eigenvalue weighted by atomic mass is 32.1. The van der Waals surface area contributed by atoms with E-state index in [-0.39, 0.29) is 4.88 Å². The second-order valence-electron chi connectivity index (χ2n) is 5.67. The second-order valence-corrected chi connectivity index (χ2v) is 6.67. The Balaban J connectivity index is 2.16. The lowest BCUT2D eigenvalue weighted by molar-refractivity contribution is 0.0702. The summed E-state index contributed by atoms with van der Waals surface area (Å²) in [5, 5.41) is 10.3. The largest absolute Gasteiger partial charge is 0.477 e. The summed E-state index contributed by atoms with van der Waals surface area (Å²) in [4.78, 5) is 16.5. The van der Waals surface area contributed by atoms with Crippen LogP contribution in [0.5, 0.6) is 0 Å². The van der Waals surface area contributed by atoms with Gasteiger partial charge in [-0.25, -0.2) is 9.78 Å². The Morgan fingerprint density at radius 3 is 2.43 bits per heavy atom. The van der Waals surface area contributed by atoms with E-state index in [0.29, 0.717) is 5.69 Å². The molecule has 1 N–H and O–H groups in total. The molecule has 0 spiro atoms. The van der Waals surface area contributed by atoms with Crippen LogP contribution in [0.25, 0.3) is 21.8 Å². The summed E-state index contributed by atoms with van der Waals surface area (Å²) in [6.45, 7) is 6.07. The molecule has 0 atom stereocenters. The molecule has 23 heavy (non-hydrogen) atoms. The standard InChI is InChI=1S/C19H17NO2S/c1-11-5-4-6-15(9-11)18-20-16(17(23-18)19(21)22)14-8-7-12(2)13(3)10-14/h4-10H,1-3H3,(H,21,22). The number of rotatable bonds is 3. The number of carbonyl (C=O) groups is 1. The fraction of sp³-hybridized carbons (Fsp3) is 0.158. The number of carboxylic acids is 1. The Morgan fingerprint density at radius 2 is 1.78 bits per heavy atom. The Bertz CT molecular complexity index is 896. The van der Waals surface area contributed by atoms with Crippen LogP contribution in [0.1, 0.15) is 26.4 Å². The number of benzene rings is 2. The van der Waals surface area contributed by atoms with Crippen molar-refractivity contribution >= 4 is 17.3 Å². The topological polar surface area (TPSA) is 50.2 Å². The third-order valence-electron chi connectivity index (χ3n) is 3.87. The number of hydrogen-bond donors (Lipinski definition) is 1. The van der Waals surface area contributed by atoms with Crippen molar-refractivity contribution in [1.82, 2.24) is 4.98 Å². The second kappa shape index (κ2) is 5.97. The first-order valence-electron chi connectivity index (χ1n) is 7.34. The van der Waals surface area contributed by atoms with E-state index in [4.69, 9.17) is 0 Å². The van der Waals surface area contributed by atoms with E-state index >= 15 is 0 Å². The minimum absolute atomic E-state index is 0.282. The van der Waals surface area contributed by atoms with Gasteiger partial charge in [-0.2, -0.15) is 0 Å². The maximum atomic E-state index is 11.6. The Hall–Kier alpha value is -2.46. The van der Waals surface area contributed by atoms with Crippen LogP contribution in [0.3, 0.4) is 0 Å². The first kappa shape index (κ1) is 15.4. The zero-order valence-corrected chi connectivity index (χ0v) is 14.1. The maximum absolute atomic E-state index is 11.6. The molecule has 0 fully saturated rings. The highest BCUT2D eigenvalue weighted by molar-refractivity contribution is 7.17. The number of aryl methyl sites for hydroxylation is 3. The Kier molecular flexibility index (Phi) is 4.01. The minimum Gasteiger partial charge on any atom is -0.477 e. The van der Waals surface area contributed by atoms with Crippen molar-refractivity contribution in [2.45, 2.75) is 20.8 Å². The van der Waals surface area contributed by atoms with Crippen molar-refractivity contribution in [2.75, 3.05) is 0 Å². The third kappa shape index (κ3) is 3.03. The molecule has 0 bridgehead atoms. The van der Waals surface area contributed by atoms with Gasteiger partial charge in [0.2, 0.25) is 0 Å². The highest BCUT2D eigenvalue weighted by Crippen LogP contribution is 2.34. The minimum atomic E-state index is -0.936. The molecule has 3 rings (SSSR count). The normalized spacial score (nSPS) is 10.7. The molecule has 0 saturated carbocycles. The summed E-state index contributed by atoms with van der Waals surface area (Å²) in [5.41, 5.74) is 5.78. The Morgan fingerprint density at radius 1 is 1.00 bits per heavy atom. The summed E-state index contributed by atoms with van der Waals surface area (Å²) in [7, 11) is 0. The molecule has 116 valence electrons. The van der Waals surface area contributed by atoms with Crippen LogP contribution >= 0.6 is 11.3 Å². The number of hydrogen-bond acceptors (Lipinski definition) is 3. The monoisotopic (exact) mass is 323 g/mol. The van der Waals surface area contributed by atoms with Gasteiger partial charge in [0.15, 0.2) is 0 Å². The van der Waals surface area contributed by atoms with E-state index in [9.17, 15) is 9.90 Å². The molecule has 0 amide bonds. The van der Waals surface area contributed by atoms with Crippen molar-refractivity contribution in [3.8, 4) is 21.8 Å². The molecule has 3 aromatic rings. The zero-order chi connectivity index (χ0) is 16.6. The van der Waals surface area contributed by atoms with Gasteiger partial charge in [-0.1, -0.05) is 35.9 Å². The predicted octanol–water partition coefficient (Wildman–Crippen LogP) is 5.10. The van der Waals surface area contributed by atoms with Gasteiger partial charge in [0, 0.05) is 11.1 Å². The summed E-state index contributed by atoms with van der Waals surface area (Å²) >= 11 is 1.22. The molecule has 0 saturated heterocycles. The molecule has 0 aliphatic carbocycles. The average molecular weight is 323 g/mol. The van der Waals surface area contributed by atoms with Gasteiger partial charge in [0.1, 0.15) is 9.88 Å². The van der Waals surface area contributed by atoms with E-state index in [2.05, 4.69) is 4.98 Å². The van der Waals surface area contributed by atoms with E-state index in [1.807, 2.05) is 63.2 Å². The fourth-order valence-electron chi connectivity index (χ4n) is 2.45. The summed E-state index contributed by atoms with van der Waals surface area (Å²) in [6.07, 6.45) is 0. The SMILES string of the molecule is Cc1cccc(-c2nc(-c3ccc(C)c(C)c3)c(C(=O)O)s2)c1. The predicted molar refractivity (Wildman–Crippen MR) is 94.2 cm³/mol. The molecular formula is C19H17NO2S. The first-order valence-corrected chi connectivity index (χ1v) is 8.16. The van der Waals surface area contributed by atoms with E-state index < -0.39 is 5.97 Å². The average Bonchev–Trinajstić information content (AvgIpc) is 2.95. The van der Waals surface area contributed by atoms with Gasteiger partial charge in [-0.3, -0.25) is 0 Å². The van der Waals surface area contributed by atoms with Crippen LogP contribution in [-0.4, -0.2) is 16.1 Å². The van der Waals surface area contributed by atoms with Crippen molar-refractivity contribution in [1.29, 1.82) is 0 Å². The first-order chi connectivity index (χ1) is 11.0. The summed E-state index contributed by atoms with van der Waals surface area (Å²) in [6, 6.07) is 13.9. The molecule has 1 heterocycles. The number of nitrogens with zero attached hydrogens (tertiary/aromatic N) is 1. The molecule has 0 radical (unpaired) electrons. The summed E-state index contributed by atoms with van der Waals surface area (Å²) in [5.74, 6) is -0.936. The molecule has 0 aliphatic rings. The molecule has 2 aromatic carbocycles. The van der Waals surface area contributed by atoms with Crippen molar-refractivity contribution in [3.05, 3.63) is 64.0 Å². The van der Waals surface area contributed by atoms with Gasteiger partial charge >= 0.3 is 5.97 Å². The van der Waals surface area contributed by atoms with Crippen LogP contribution in [-0.2, 0) is 0 Å². The van der Waals surface area contributed by atoms with E-state index in [1.54, 1.807) is 0 Å². The third-order valence-corrected chi connectivity index (χ3v) is 4.96. The quantitative estimate of drug-likeness (QED) is 0.729. The molecule has 0 unspecified atom stereocenters. The summed E-state index contributed by atoms with van der Waals surface area (Å²) < 4.78 is 0. The lowest BCUT2D eigenvalue weighted by atomic mass is 10.0. The lowest BCUT2D eigenvalue weighted by Gasteiger charge is -2.04. The number of thiazole rings is 1. The highest BCUT2D eigenvalue weighted by Gasteiger charge is 2.20. The maximum Gasteiger partial charge on any atom is 0.348 e. The van der Waals surface area contributed by atoms with Gasteiger partial charge in [-0.05, 0) is 44.0 Å². The smallest absolute Gasteiger partial charge is 0.348 e. The number of aromatic nitrogens is 1. The van der Waals surface area contributed by atoms with Gasteiger partial charge in [-0.15, -0.1) is 11.3 Å². The number of carboxylic acid groups (broad SMARTS) is 1. The number of aromatic carboxylic acids is 1. The molecular weight excluding hydrogens is 306 g/mol. The zero-order valence-electron chi connectivity index (χ0n) is 13.3. The molecule has 4 heteroatoms. The Labute approximate surface area is 139 Å². The van der Waals surface area contributed by atoms with Crippen LogP contribution < -0.4 is 0 Å². The van der Waals surface area contributed by atoms with Crippen molar-refractivity contribution in [3.63, 3.8) is 0 Å². The van der Waals surface area contributed by atoms with E-state index in [1.165, 1.54) is 16.9 Å². The van der Waals surface area contributed by atoms with Crippen molar-refractivity contribution < 1.29 is 9.90 Å². The molecule has 3 nitrogen and oxygen atoms in total. The fourth-order valence-corrected chi connectivity index (χ4v) is 3.37. The van der Waals surface area contributed by atoms with Gasteiger partial charge in [0.05, 0.1) is 5.69 Å².